The molecule has 3 heterocycles. The number of nitrogens with zero attached hydrogens (tertiary/aromatic N) is 2. The van der Waals surface area contributed by atoms with Gasteiger partial charge in [-0.1, -0.05) is 42.5 Å². The minimum atomic E-state index is 0.0275. The number of methoxy groups -OCH3 is 1. The fourth-order valence-electron chi connectivity index (χ4n) is 4.19. The highest BCUT2D eigenvalue weighted by Crippen LogP contribution is 2.33. The molecule has 2 aromatic heterocycles. The maximum absolute atomic E-state index is 13.0. The molecule has 140 valence electrons. The number of carbonyl (C=O) groups is 1. The Kier molecular flexibility index (Phi) is 4.01. The maximum Gasteiger partial charge on any atom is 0.270 e. The van der Waals surface area contributed by atoms with Crippen LogP contribution < -0.4 is 4.74 Å². The van der Waals surface area contributed by atoms with Gasteiger partial charge in [0.2, 0.25) is 5.88 Å². The molecule has 1 unspecified atom stereocenters. The second-order valence-electron chi connectivity index (χ2n) is 7.27. The van der Waals surface area contributed by atoms with Crippen LogP contribution in [0, 0.1) is 0 Å². The summed E-state index contributed by atoms with van der Waals surface area (Å²) in [5.41, 5.74) is 3.49. The standard InChI is InChI=1S/C23H21N3O2/c1-28-22-10-9-19-20(25-22)13-21(24-19)23(27)26-12-11-16(14-26)18-8-4-6-15-5-2-3-7-17(15)18/h2-10,13,16,24H,11-12,14H2,1H3. The van der Waals surface area contributed by atoms with Crippen LogP contribution >= 0.6 is 0 Å². The topological polar surface area (TPSA) is 58.2 Å². The zero-order valence-corrected chi connectivity index (χ0v) is 15.7. The van der Waals surface area contributed by atoms with E-state index < -0.39 is 0 Å². The number of pyridine rings is 1. The Morgan fingerprint density at radius 2 is 2.00 bits per heavy atom. The van der Waals surface area contributed by atoms with Crippen molar-refractivity contribution in [2.45, 2.75) is 12.3 Å². The van der Waals surface area contributed by atoms with Crippen LogP contribution in [0.3, 0.4) is 0 Å². The number of hydrogen-bond donors (Lipinski definition) is 1. The smallest absolute Gasteiger partial charge is 0.270 e. The highest BCUT2D eigenvalue weighted by molar-refractivity contribution is 5.97. The van der Waals surface area contributed by atoms with E-state index in [0.29, 0.717) is 17.5 Å². The van der Waals surface area contributed by atoms with Crippen molar-refractivity contribution >= 4 is 27.7 Å². The molecule has 1 fully saturated rings. The normalized spacial score (nSPS) is 16.8. The second kappa shape index (κ2) is 6.68. The predicted octanol–water partition coefficient (Wildman–Crippen LogP) is 4.35. The Hall–Kier alpha value is -3.34. The number of H-pyrrole nitrogens is 1. The molecule has 1 aliphatic heterocycles. The lowest BCUT2D eigenvalue weighted by molar-refractivity contribution is 0.0786. The number of fused-ring (bicyclic) bond motifs is 2. The van der Waals surface area contributed by atoms with Gasteiger partial charge < -0.3 is 14.6 Å². The molecule has 4 aromatic rings. The van der Waals surface area contributed by atoms with Gasteiger partial charge in [-0.25, -0.2) is 4.98 Å². The fourth-order valence-corrected chi connectivity index (χ4v) is 4.19. The van der Waals surface area contributed by atoms with Gasteiger partial charge in [-0.05, 0) is 34.9 Å². The molecule has 5 heteroatoms. The van der Waals surface area contributed by atoms with E-state index in [9.17, 15) is 4.79 Å². The first-order valence-electron chi connectivity index (χ1n) is 9.53. The Morgan fingerprint density at radius 3 is 2.89 bits per heavy atom. The van der Waals surface area contributed by atoms with Crippen LogP contribution in [0.15, 0.2) is 60.7 Å². The molecule has 0 aliphatic carbocycles. The average Bonchev–Trinajstić information content (AvgIpc) is 3.39. The Labute approximate surface area is 162 Å². The summed E-state index contributed by atoms with van der Waals surface area (Å²) in [5.74, 6) is 0.931. The SMILES string of the molecule is COc1ccc2[nH]c(C(=O)N3CCC(c4cccc5ccccc45)C3)cc2n1. The average molecular weight is 371 g/mol. The van der Waals surface area contributed by atoms with Gasteiger partial charge in [0.1, 0.15) is 5.69 Å². The molecule has 0 bridgehead atoms. The molecular formula is C23H21N3O2. The molecule has 1 atom stereocenters. The van der Waals surface area contributed by atoms with Crippen LogP contribution in [0.25, 0.3) is 21.8 Å². The Bertz CT molecular complexity index is 1180. The number of carbonyl (C=O) groups excluding carboxylic acids is 1. The third-order valence-electron chi connectivity index (χ3n) is 5.63. The first-order chi connectivity index (χ1) is 13.7. The Morgan fingerprint density at radius 1 is 1.14 bits per heavy atom. The summed E-state index contributed by atoms with van der Waals surface area (Å²) in [6.07, 6.45) is 0.978. The number of benzene rings is 2. The van der Waals surface area contributed by atoms with Gasteiger partial charge in [-0.15, -0.1) is 0 Å². The monoisotopic (exact) mass is 371 g/mol. The van der Waals surface area contributed by atoms with Crippen molar-refractivity contribution in [3.63, 3.8) is 0 Å². The highest BCUT2D eigenvalue weighted by Gasteiger charge is 2.29. The van der Waals surface area contributed by atoms with Crippen LogP contribution in [0.4, 0.5) is 0 Å². The quantitative estimate of drug-likeness (QED) is 0.582. The molecule has 1 N–H and O–H groups in total. The second-order valence-corrected chi connectivity index (χ2v) is 7.27. The van der Waals surface area contributed by atoms with E-state index in [4.69, 9.17) is 4.74 Å². The summed E-state index contributed by atoms with van der Waals surface area (Å²) in [6.45, 7) is 1.50. The molecule has 5 nitrogen and oxygen atoms in total. The zero-order chi connectivity index (χ0) is 19.1. The first-order valence-corrected chi connectivity index (χ1v) is 9.53. The molecular weight excluding hydrogens is 350 g/mol. The van der Waals surface area contributed by atoms with Crippen LogP contribution in [0.1, 0.15) is 28.4 Å². The lowest BCUT2D eigenvalue weighted by atomic mass is 9.93. The van der Waals surface area contributed by atoms with E-state index in [1.807, 2.05) is 17.0 Å². The van der Waals surface area contributed by atoms with Crippen molar-refractivity contribution in [1.82, 2.24) is 14.9 Å². The number of nitrogens with one attached hydrogen (secondary N) is 1. The summed E-state index contributed by atoms with van der Waals surface area (Å²) in [6, 6.07) is 20.4. The van der Waals surface area contributed by atoms with Gasteiger partial charge in [0.25, 0.3) is 5.91 Å². The number of ether oxygens (including phenoxy) is 1. The molecule has 0 radical (unpaired) electrons. The number of rotatable bonds is 3. The van der Waals surface area contributed by atoms with Crippen molar-refractivity contribution in [3.8, 4) is 5.88 Å². The summed E-state index contributed by atoms with van der Waals surface area (Å²) >= 11 is 0. The van der Waals surface area contributed by atoms with Crippen molar-refractivity contribution in [3.05, 3.63) is 71.9 Å². The number of aromatic amines is 1. The van der Waals surface area contributed by atoms with Crippen LogP contribution in [0.2, 0.25) is 0 Å². The molecule has 0 saturated carbocycles. The minimum absolute atomic E-state index is 0.0275. The minimum Gasteiger partial charge on any atom is -0.481 e. The van der Waals surface area contributed by atoms with Crippen molar-refractivity contribution in [2.24, 2.45) is 0 Å². The maximum atomic E-state index is 13.0. The van der Waals surface area contributed by atoms with Gasteiger partial charge in [-0.3, -0.25) is 4.79 Å². The van der Waals surface area contributed by atoms with Crippen LogP contribution in [0.5, 0.6) is 5.88 Å². The van der Waals surface area contributed by atoms with Crippen molar-refractivity contribution in [1.29, 1.82) is 0 Å². The van der Waals surface area contributed by atoms with Gasteiger partial charge in [0.05, 0.1) is 18.1 Å². The lowest BCUT2D eigenvalue weighted by Gasteiger charge is -2.17. The molecule has 28 heavy (non-hydrogen) atoms. The first kappa shape index (κ1) is 16.8. The molecule has 1 saturated heterocycles. The summed E-state index contributed by atoms with van der Waals surface area (Å²) in [7, 11) is 1.59. The molecule has 1 aliphatic rings. The van der Waals surface area contributed by atoms with Crippen molar-refractivity contribution in [2.75, 3.05) is 20.2 Å². The highest BCUT2D eigenvalue weighted by atomic mass is 16.5. The largest absolute Gasteiger partial charge is 0.481 e. The number of aromatic nitrogens is 2. The van der Waals surface area contributed by atoms with E-state index in [-0.39, 0.29) is 5.91 Å². The molecule has 0 spiro atoms. The van der Waals surface area contributed by atoms with Gasteiger partial charge in [0.15, 0.2) is 0 Å². The van der Waals surface area contributed by atoms with Gasteiger partial charge in [-0.2, -0.15) is 0 Å². The fraction of sp³-hybridized carbons (Fsp3) is 0.217. The lowest BCUT2D eigenvalue weighted by Crippen LogP contribution is -2.28. The zero-order valence-electron chi connectivity index (χ0n) is 15.7. The third kappa shape index (κ3) is 2.80. The van der Waals surface area contributed by atoms with E-state index in [0.717, 1.165) is 30.5 Å². The summed E-state index contributed by atoms with van der Waals surface area (Å²) in [4.78, 5) is 22.6. The van der Waals surface area contributed by atoms with E-state index in [1.165, 1.54) is 16.3 Å². The van der Waals surface area contributed by atoms with Crippen LogP contribution in [-0.2, 0) is 0 Å². The van der Waals surface area contributed by atoms with Gasteiger partial charge >= 0.3 is 0 Å². The van der Waals surface area contributed by atoms with E-state index in [1.54, 1.807) is 13.2 Å². The number of hydrogen-bond acceptors (Lipinski definition) is 3. The Balaban J connectivity index is 1.40. The molecule has 2 aromatic carbocycles. The number of likely N-dealkylation sites (tertiary alicyclic amines) is 1. The van der Waals surface area contributed by atoms with E-state index >= 15 is 0 Å². The van der Waals surface area contributed by atoms with Gasteiger partial charge in [0, 0.05) is 25.1 Å². The summed E-state index contributed by atoms with van der Waals surface area (Å²) < 4.78 is 5.17. The summed E-state index contributed by atoms with van der Waals surface area (Å²) in [5, 5.41) is 2.53. The molecule has 5 rings (SSSR count). The number of amides is 1. The predicted molar refractivity (Wildman–Crippen MR) is 110 cm³/mol. The molecule has 1 amide bonds. The van der Waals surface area contributed by atoms with E-state index in [2.05, 4.69) is 52.4 Å². The van der Waals surface area contributed by atoms with Crippen molar-refractivity contribution < 1.29 is 9.53 Å². The van der Waals surface area contributed by atoms with Crippen LogP contribution in [-0.4, -0.2) is 41.0 Å². The third-order valence-corrected chi connectivity index (χ3v) is 5.63.